The number of aliphatic hydroxyl groups excluding tert-OH is 5. The van der Waals surface area contributed by atoms with Gasteiger partial charge in [0.1, 0.15) is 36.6 Å². The summed E-state index contributed by atoms with van der Waals surface area (Å²) in [6.07, 6.45) is -12.2. The maximum atomic E-state index is 13.0. The van der Waals surface area contributed by atoms with Crippen LogP contribution in [0.25, 0.3) is 0 Å². The monoisotopic (exact) mass is 1020 g/mol. The van der Waals surface area contributed by atoms with Gasteiger partial charge in [0.05, 0.1) is 44.2 Å². The molecule has 9 rings (SSSR count). The summed E-state index contributed by atoms with van der Waals surface area (Å²) in [5.41, 5.74) is -0.574. The fraction of sp³-hybridized carbons (Fsp3) is 0.904. The molecule has 0 radical (unpaired) electrons. The van der Waals surface area contributed by atoms with Crippen molar-refractivity contribution in [2.45, 2.75) is 224 Å². The zero-order valence-electron chi connectivity index (χ0n) is 43.4. The van der Waals surface area contributed by atoms with E-state index in [9.17, 15) is 45.0 Å². The Kier molecular flexibility index (Phi) is 14.8. The lowest BCUT2D eigenvalue weighted by Crippen LogP contribution is -2.68. The van der Waals surface area contributed by atoms with Crippen LogP contribution in [-0.2, 0) is 66.5 Å². The Morgan fingerprint density at radius 1 is 0.681 bits per heavy atom. The van der Waals surface area contributed by atoms with Gasteiger partial charge in [-0.2, -0.15) is 0 Å². The van der Waals surface area contributed by atoms with E-state index in [2.05, 4.69) is 47.6 Å². The number of esters is 3. The highest BCUT2D eigenvalue weighted by Gasteiger charge is 2.81. The molecule has 2 spiro atoms. The lowest BCUT2D eigenvalue weighted by atomic mass is 9.35. The summed E-state index contributed by atoms with van der Waals surface area (Å²) in [4.78, 5) is 37.6. The van der Waals surface area contributed by atoms with Crippen LogP contribution < -0.4 is 0 Å². The minimum absolute atomic E-state index is 0.0847. The fourth-order valence-corrected chi connectivity index (χ4v) is 16.5. The number of hydrogen-bond acceptors (Lipinski definition) is 20. The van der Waals surface area contributed by atoms with Crippen LogP contribution in [0.1, 0.15) is 121 Å². The molecule has 6 N–H and O–H groups in total. The first-order valence-electron chi connectivity index (χ1n) is 26.1. The highest BCUT2D eigenvalue weighted by atomic mass is 16.8. The van der Waals surface area contributed by atoms with Crippen LogP contribution in [0.2, 0.25) is 0 Å². The summed E-state index contributed by atoms with van der Waals surface area (Å²) in [5, 5.41) is 66.8. The molecule has 24 atom stereocenters. The van der Waals surface area contributed by atoms with Gasteiger partial charge in [0.2, 0.25) is 0 Å². The van der Waals surface area contributed by atoms with Crippen molar-refractivity contribution in [1.29, 1.82) is 0 Å². The molecule has 4 saturated carbocycles. The van der Waals surface area contributed by atoms with E-state index in [-0.39, 0.29) is 46.7 Å². The van der Waals surface area contributed by atoms with Crippen LogP contribution in [0.4, 0.5) is 0 Å². The molecular formula is C52H80O20. The van der Waals surface area contributed by atoms with Gasteiger partial charge in [-0.15, -0.1) is 0 Å². The average molecular weight is 1030 g/mol. The van der Waals surface area contributed by atoms with Crippen molar-refractivity contribution in [1.82, 2.24) is 0 Å². The SMILES string of the molecule is CC(=O)O[C@H]1[C@H](O[C@H]2[C@H](O[C@@H]3[C@@H](OC(C)=O)[C@H](OC4CC[C@@]5(C)C(CC[C@]6(C)[C@@H]5CC[C@@H]5C7C(C)(O)CC(C=C(C)C)O[C@@]78C[C@]56CO8)C4(C)C)OC[C@@H]3O)O[C@H](CO)[C@@H](O)[C@@H]2OC(C)=O)OC[C@@H](O)[C@@H]1O. The highest BCUT2D eigenvalue weighted by molar-refractivity contribution is 5.67. The smallest absolute Gasteiger partial charge is 0.303 e. The third kappa shape index (κ3) is 8.99. The number of carbonyl (C=O) groups excluding carboxylic acids is 3. The lowest BCUT2D eigenvalue weighted by molar-refractivity contribution is -0.382. The van der Waals surface area contributed by atoms with Crippen molar-refractivity contribution in [2.24, 2.45) is 45.3 Å². The zero-order valence-corrected chi connectivity index (χ0v) is 43.4. The summed E-state index contributed by atoms with van der Waals surface area (Å²) in [6.45, 7) is 17.9. The van der Waals surface area contributed by atoms with Gasteiger partial charge < -0.3 is 82.7 Å². The topological polar surface area (TPSA) is 274 Å². The van der Waals surface area contributed by atoms with Crippen LogP contribution in [0.15, 0.2) is 11.6 Å². The predicted molar refractivity (Wildman–Crippen MR) is 247 cm³/mol. The van der Waals surface area contributed by atoms with Gasteiger partial charge in [-0.05, 0) is 93.3 Å². The van der Waals surface area contributed by atoms with E-state index in [0.717, 1.165) is 57.9 Å². The molecule has 5 heterocycles. The fourth-order valence-electron chi connectivity index (χ4n) is 16.5. The van der Waals surface area contributed by atoms with Crippen LogP contribution >= 0.6 is 0 Å². The van der Waals surface area contributed by atoms with Gasteiger partial charge in [0, 0.05) is 44.9 Å². The van der Waals surface area contributed by atoms with Crippen molar-refractivity contribution in [3.63, 3.8) is 0 Å². The van der Waals surface area contributed by atoms with E-state index in [0.29, 0.717) is 25.4 Å². The number of hydrogen-bond donors (Lipinski definition) is 6. The molecule has 9 aliphatic rings. The molecule has 5 saturated heterocycles. The van der Waals surface area contributed by atoms with Crippen molar-refractivity contribution in [3.05, 3.63) is 11.6 Å². The Balaban J connectivity index is 0.959. The molecule has 0 amide bonds. The Bertz CT molecular complexity index is 2060. The van der Waals surface area contributed by atoms with Gasteiger partial charge in [-0.25, -0.2) is 0 Å². The van der Waals surface area contributed by atoms with Crippen molar-refractivity contribution >= 4 is 17.9 Å². The second kappa shape index (κ2) is 19.6. The average Bonchev–Trinajstić information content (AvgIpc) is 3.80. The summed E-state index contributed by atoms with van der Waals surface area (Å²) in [6, 6.07) is 0. The molecule has 20 heteroatoms. The molecule has 4 aliphatic carbocycles. The molecule has 408 valence electrons. The Morgan fingerprint density at radius 2 is 1.31 bits per heavy atom. The van der Waals surface area contributed by atoms with Crippen molar-refractivity contribution in [2.75, 3.05) is 26.4 Å². The number of fused-ring (bicyclic) bond motifs is 4. The molecule has 5 aliphatic heterocycles. The number of allylic oxidation sites excluding steroid dienone is 1. The molecule has 9 fully saturated rings. The largest absolute Gasteiger partial charge is 0.457 e. The predicted octanol–water partition coefficient (Wildman–Crippen LogP) is 2.32. The van der Waals surface area contributed by atoms with Gasteiger partial charge in [-0.1, -0.05) is 39.3 Å². The summed E-state index contributed by atoms with van der Waals surface area (Å²) in [5.74, 6) is -2.58. The molecule has 72 heavy (non-hydrogen) atoms. The van der Waals surface area contributed by atoms with Crippen molar-refractivity contribution < 1.29 is 97.1 Å². The van der Waals surface area contributed by atoms with Gasteiger partial charge >= 0.3 is 17.9 Å². The molecule has 0 aromatic carbocycles. The first-order chi connectivity index (χ1) is 33.7. The molecule has 0 aromatic rings. The van der Waals surface area contributed by atoms with Crippen LogP contribution in [0.5, 0.6) is 0 Å². The van der Waals surface area contributed by atoms with E-state index >= 15 is 0 Å². The molecular weight excluding hydrogens is 945 g/mol. The van der Waals surface area contributed by atoms with Gasteiger partial charge in [-0.3, -0.25) is 14.4 Å². The molecule has 2 bridgehead atoms. The third-order valence-corrected chi connectivity index (χ3v) is 19.2. The number of carbonyl (C=O) groups is 3. The maximum absolute atomic E-state index is 13.0. The van der Waals surface area contributed by atoms with Crippen LogP contribution in [-0.4, -0.2) is 178 Å². The van der Waals surface area contributed by atoms with E-state index in [1.165, 1.54) is 6.92 Å². The maximum Gasteiger partial charge on any atom is 0.303 e. The molecule has 20 nitrogen and oxygen atoms in total. The highest BCUT2D eigenvalue weighted by Crippen LogP contribution is 2.80. The number of ether oxygens (including phenoxy) is 11. The van der Waals surface area contributed by atoms with Crippen LogP contribution in [0.3, 0.4) is 0 Å². The minimum atomic E-state index is -1.74. The normalized spacial score (nSPS) is 51.4. The van der Waals surface area contributed by atoms with Gasteiger partial charge in [0.25, 0.3) is 0 Å². The van der Waals surface area contributed by atoms with Gasteiger partial charge in [0.15, 0.2) is 49.1 Å². The summed E-state index contributed by atoms with van der Waals surface area (Å²) in [7, 11) is 0. The second-order valence-electron chi connectivity index (χ2n) is 24.3. The van der Waals surface area contributed by atoms with Crippen LogP contribution in [0, 0.1) is 45.3 Å². The first kappa shape index (κ1) is 54.4. The van der Waals surface area contributed by atoms with E-state index in [4.69, 9.17) is 52.1 Å². The van der Waals surface area contributed by atoms with E-state index < -0.39 is 134 Å². The van der Waals surface area contributed by atoms with E-state index in [1.807, 2.05) is 6.92 Å². The Labute approximate surface area is 421 Å². The molecule has 0 aromatic heterocycles. The Morgan fingerprint density at radius 3 is 1.96 bits per heavy atom. The Hall–Kier alpha value is -2.41. The number of aliphatic hydroxyl groups is 6. The third-order valence-electron chi connectivity index (χ3n) is 19.2. The zero-order chi connectivity index (χ0) is 52.2. The summed E-state index contributed by atoms with van der Waals surface area (Å²) < 4.78 is 68.1. The standard InChI is InChI=1S/C52H80O20/c1-24(2)17-28-18-50(10,61)43-29-11-12-34-48(8)15-14-35(47(6,7)33(48)13-16-49(34,9)51(29)22-52(43,72-28)64-23-51)69-45-41(67-27(5)56)38(31(58)21-63-45)70-46-42(39(65-25(3)54)37(60)32(19-53)68-46)71-44-40(66-26(4)55)36(59)30(57)20-62-44/h17,28-46,53,57-61H,11-16,18-23H2,1-10H3/t28?,29-,30-,31+,32-,33?,34-,35?,36+,37-,38+,39+,40-,41-,42-,43?,44+,45+,46+,48+,49-,50?,51+,52+/m1/s1. The lowest BCUT2D eigenvalue weighted by Gasteiger charge is -2.70. The number of rotatable bonds is 11. The quantitative estimate of drug-likeness (QED) is 0.0750. The van der Waals surface area contributed by atoms with Crippen molar-refractivity contribution in [3.8, 4) is 0 Å². The summed E-state index contributed by atoms with van der Waals surface area (Å²) >= 11 is 0. The van der Waals surface area contributed by atoms with E-state index in [1.54, 1.807) is 0 Å². The minimum Gasteiger partial charge on any atom is -0.457 e. The second-order valence-corrected chi connectivity index (χ2v) is 24.3. The molecule has 5 unspecified atom stereocenters. The first-order valence-corrected chi connectivity index (χ1v) is 26.1.